The summed E-state index contributed by atoms with van der Waals surface area (Å²) < 4.78 is 16.1. The monoisotopic (exact) mass is 410 g/mol. The topological polar surface area (TPSA) is 61.8 Å². The van der Waals surface area contributed by atoms with Crippen molar-refractivity contribution in [3.05, 3.63) is 50.6 Å². The van der Waals surface area contributed by atoms with Crippen LogP contribution in [-0.2, 0) is 9.53 Å². The van der Waals surface area contributed by atoms with Crippen molar-refractivity contribution < 1.29 is 23.8 Å². The first-order chi connectivity index (χ1) is 11.5. The molecule has 24 heavy (non-hydrogen) atoms. The number of ether oxygens (including phenoxy) is 3. The number of hydrogen-bond donors (Lipinski definition) is 0. The number of carbonyl (C=O) groups is 2. The van der Waals surface area contributed by atoms with E-state index in [1.54, 1.807) is 50.6 Å². The van der Waals surface area contributed by atoms with E-state index in [4.69, 9.17) is 14.2 Å². The molecular formula is C17H15BrO5S. The average Bonchev–Trinajstić information content (AvgIpc) is 3.03. The molecule has 0 saturated carbocycles. The number of halogens is 1. The van der Waals surface area contributed by atoms with E-state index < -0.39 is 5.97 Å². The van der Waals surface area contributed by atoms with E-state index in [0.717, 1.165) is 9.35 Å². The predicted octanol–water partition coefficient (Wildman–Crippen LogP) is 3.97. The van der Waals surface area contributed by atoms with Crippen LogP contribution in [0.4, 0.5) is 0 Å². The number of benzene rings is 1. The lowest BCUT2D eigenvalue weighted by atomic mass is 10.2. The number of thiophene rings is 1. The minimum Gasteiger partial charge on any atom is -0.497 e. The fourth-order valence-electron chi connectivity index (χ4n) is 1.81. The summed E-state index contributed by atoms with van der Waals surface area (Å²) in [5.41, 5.74) is 0.719. The molecule has 0 aliphatic rings. The number of Topliss-reactive ketones (excluding diaryl/α,β-unsaturated/α-hetero) is 1. The third kappa shape index (κ3) is 5.21. The molecular weight excluding hydrogens is 396 g/mol. The Morgan fingerprint density at radius 2 is 1.79 bits per heavy atom. The zero-order valence-electron chi connectivity index (χ0n) is 13.1. The van der Waals surface area contributed by atoms with Crippen molar-refractivity contribution in [2.45, 2.75) is 0 Å². The van der Waals surface area contributed by atoms with Gasteiger partial charge < -0.3 is 14.2 Å². The smallest absolute Gasteiger partial charge is 0.331 e. The summed E-state index contributed by atoms with van der Waals surface area (Å²) in [6.45, 7) is -0.294. The van der Waals surface area contributed by atoms with E-state index in [-0.39, 0.29) is 12.4 Å². The molecule has 0 saturated heterocycles. The molecule has 0 bridgehead atoms. The average molecular weight is 411 g/mol. The zero-order chi connectivity index (χ0) is 17.5. The summed E-state index contributed by atoms with van der Waals surface area (Å²) in [6.07, 6.45) is 2.82. The van der Waals surface area contributed by atoms with Crippen LogP contribution in [0.25, 0.3) is 6.08 Å². The Morgan fingerprint density at radius 3 is 2.33 bits per heavy atom. The van der Waals surface area contributed by atoms with E-state index in [0.29, 0.717) is 16.4 Å². The van der Waals surface area contributed by atoms with Crippen LogP contribution in [0.5, 0.6) is 11.5 Å². The van der Waals surface area contributed by atoms with Crippen molar-refractivity contribution >= 4 is 45.1 Å². The Kier molecular flexibility index (Phi) is 6.57. The summed E-state index contributed by atoms with van der Waals surface area (Å²) in [6, 6.07) is 8.69. The SMILES string of the molecule is COc1cc(/C=C/C(=O)OCC(=O)c2ccc(Br)s2)cc(OC)c1. The van der Waals surface area contributed by atoms with Crippen LogP contribution in [0.1, 0.15) is 15.2 Å². The normalized spacial score (nSPS) is 10.6. The van der Waals surface area contributed by atoms with Gasteiger partial charge in [-0.1, -0.05) is 0 Å². The minimum absolute atomic E-state index is 0.240. The summed E-state index contributed by atoms with van der Waals surface area (Å²) in [5.74, 6) is 0.387. The maximum absolute atomic E-state index is 11.9. The molecule has 1 aromatic heterocycles. The number of rotatable bonds is 7. The van der Waals surface area contributed by atoms with Gasteiger partial charge in [-0.25, -0.2) is 4.79 Å². The highest BCUT2D eigenvalue weighted by atomic mass is 79.9. The van der Waals surface area contributed by atoms with Gasteiger partial charge in [0.05, 0.1) is 22.9 Å². The van der Waals surface area contributed by atoms with Gasteiger partial charge in [0.25, 0.3) is 0 Å². The van der Waals surface area contributed by atoms with Gasteiger partial charge in [0.2, 0.25) is 5.78 Å². The molecule has 1 aromatic carbocycles. The Morgan fingerprint density at radius 1 is 1.12 bits per heavy atom. The van der Waals surface area contributed by atoms with E-state index in [1.165, 1.54) is 17.4 Å². The molecule has 1 heterocycles. The number of ketones is 1. The van der Waals surface area contributed by atoms with Gasteiger partial charge >= 0.3 is 5.97 Å². The molecule has 0 unspecified atom stereocenters. The molecule has 0 aliphatic heterocycles. The van der Waals surface area contributed by atoms with Gasteiger partial charge in [-0.15, -0.1) is 11.3 Å². The molecule has 0 fully saturated rings. The quantitative estimate of drug-likeness (QED) is 0.392. The molecule has 0 radical (unpaired) electrons. The molecule has 0 amide bonds. The third-order valence-electron chi connectivity index (χ3n) is 2.98. The minimum atomic E-state index is -0.597. The Labute approximate surface area is 152 Å². The van der Waals surface area contributed by atoms with E-state index >= 15 is 0 Å². The molecule has 7 heteroatoms. The fourth-order valence-corrected chi connectivity index (χ4v) is 3.12. The lowest BCUT2D eigenvalue weighted by Crippen LogP contribution is -2.11. The predicted molar refractivity (Wildman–Crippen MR) is 95.9 cm³/mol. The summed E-state index contributed by atoms with van der Waals surface area (Å²) in [7, 11) is 3.09. The van der Waals surface area contributed by atoms with Gasteiger partial charge in [0.15, 0.2) is 6.61 Å². The van der Waals surface area contributed by atoms with Crippen molar-refractivity contribution in [1.29, 1.82) is 0 Å². The molecule has 5 nitrogen and oxygen atoms in total. The lowest BCUT2D eigenvalue weighted by molar-refractivity contribution is -0.136. The molecule has 0 atom stereocenters. The first-order valence-corrected chi connectivity index (χ1v) is 8.49. The number of carbonyl (C=O) groups excluding carboxylic acids is 2. The summed E-state index contributed by atoms with van der Waals surface area (Å²) >= 11 is 4.58. The van der Waals surface area contributed by atoms with Crippen LogP contribution in [0, 0.1) is 0 Å². The zero-order valence-corrected chi connectivity index (χ0v) is 15.5. The van der Waals surface area contributed by atoms with Crippen molar-refractivity contribution in [2.24, 2.45) is 0 Å². The first-order valence-electron chi connectivity index (χ1n) is 6.88. The number of methoxy groups -OCH3 is 2. The summed E-state index contributed by atoms with van der Waals surface area (Å²) in [4.78, 5) is 24.1. The van der Waals surface area contributed by atoms with Gasteiger partial charge in [0.1, 0.15) is 11.5 Å². The van der Waals surface area contributed by atoms with E-state index in [2.05, 4.69) is 15.9 Å². The molecule has 0 N–H and O–H groups in total. The standard InChI is InChI=1S/C17H15BrO5S/c1-21-12-7-11(8-13(9-12)22-2)3-6-17(20)23-10-14(19)15-4-5-16(18)24-15/h3-9H,10H2,1-2H3/b6-3+. The first kappa shape index (κ1) is 18.2. The molecule has 126 valence electrons. The molecule has 2 rings (SSSR count). The van der Waals surface area contributed by atoms with Crippen LogP contribution < -0.4 is 9.47 Å². The molecule has 2 aromatic rings. The van der Waals surface area contributed by atoms with Crippen LogP contribution >= 0.6 is 27.3 Å². The van der Waals surface area contributed by atoms with Crippen LogP contribution in [0.3, 0.4) is 0 Å². The highest BCUT2D eigenvalue weighted by molar-refractivity contribution is 9.11. The van der Waals surface area contributed by atoms with E-state index in [9.17, 15) is 9.59 Å². The lowest BCUT2D eigenvalue weighted by Gasteiger charge is -2.05. The highest BCUT2D eigenvalue weighted by Crippen LogP contribution is 2.24. The Balaban J connectivity index is 1.94. The second kappa shape index (κ2) is 8.65. The third-order valence-corrected chi connectivity index (χ3v) is 4.64. The Hall–Kier alpha value is -2.12. The number of esters is 1. The molecule has 0 spiro atoms. The maximum Gasteiger partial charge on any atom is 0.331 e. The largest absolute Gasteiger partial charge is 0.497 e. The maximum atomic E-state index is 11.9. The van der Waals surface area contributed by atoms with Crippen molar-refractivity contribution in [1.82, 2.24) is 0 Å². The van der Waals surface area contributed by atoms with E-state index in [1.807, 2.05) is 0 Å². The second-order valence-corrected chi connectivity index (χ2v) is 7.08. The van der Waals surface area contributed by atoms with Crippen LogP contribution in [0.15, 0.2) is 40.2 Å². The number of hydrogen-bond acceptors (Lipinski definition) is 6. The van der Waals surface area contributed by atoms with Crippen molar-refractivity contribution in [3.63, 3.8) is 0 Å². The molecule has 0 aliphatic carbocycles. The second-order valence-electron chi connectivity index (χ2n) is 4.61. The van der Waals surface area contributed by atoms with Crippen molar-refractivity contribution in [3.8, 4) is 11.5 Å². The summed E-state index contributed by atoms with van der Waals surface area (Å²) in [5, 5.41) is 0. The fraction of sp³-hybridized carbons (Fsp3) is 0.176. The van der Waals surface area contributed by atoms with Crippen molar-refractivity contribution in [2.75, 3.05) is 20.8 Å². The highest BCUT2D eigenvalue weighted by Gasteiger charge is 2.10. The van der Waals surface area contributed by atoms with Crippen LogP contribution in [-0.4, -0.2) is 32.6 Å². The van der Waals surface area contributed by atoms with Gasteiger partial charge in [-0.05, 0) is 51.8 Å². The van der Waals surface area contributed by atoms with Gasteiger partial charge in [-0.3, -0.25) is 4.79 Å². The van der Waals surface area contributed by atoms with Gasteiger partial charge in [0, 0.05) is 12.1 Å². The van der Waals surface area contributed by atoms with Crippen LogP contribution in [0.2, 0.25) is 0 Å². The van der Waals surface area contributed by atoms with Gasteiger partial charge in [-0.2, -0.15) is 0 Å². The Bertz CT molecular complexity index is 744.